The highest BCUT2D eigenvalue weighted by atomic mass is 16.4. The molecular weight excluding hydrogens is 432 g/mol. The summed E-state index contributed by atoms with van der Waals surface area (Å²) in [6.45, 7) is 4.14. The average molecular weight is 471 g/mol. The molecule has 1 saturated heterocycles. The minimum Gasteiger partial charge on any atom is -0.480 e. The van der Waals surface area contributed by atoms with Crippen LogP contribution in [0.1, 0.15) is 58.8 Å². The van der Waals surface area contributed by atoms with Gasteiger partial charge in [0.15, 0.2) is 0 Å². The Bertz CT molecular complexity index is 715. The van der Waals surface area contributed by atoms with Gasteiger partial charge < -0.3 is 37.8 Å². The number of carbonyl (C=O) groups excluding carboxylic acids is 4. The molecular formula is C21H38N6O6. The highest BCUT2D eigenvalue weighted by Gasteiger charge is 2.38. The van der Waals surface area contributed by atoms with Crippen molar-refractivity contribution < 1.29 is 29.1 Å². The maximum atomic E-state index is 13.0. The van der Waals surface area contributed by atoms with Gasteiger partial charge in [-0.15, -0.1) is 0 Å². The van der Waals surface area contributed by atoms with Crippen molar-refractivity contribution in [1.29, 1.82) is 0 Å². The van der Waals surface area contributed by atoms with Gasteiger partial charge in [0.05, 0.1) is 6.04 Å². The van der Waals surface area contributed by atoms with E-state index in [0.29, 0.717) is 38.8 Å². The highest BCUT2D eigenvalue weighted by molar-refractivity contribution is 5.94. The number of unbranched alkanes of at least 4 members (excludes halogenated alkanes) is 1. The van der Waals surface area contributed by atoms with Gasteiger partial charge in [-0.2, -0.15) is 0 Å². The van der Waals surface area contributed by atoms with Gasteiger partial charge in [0.2, 0.25) is 23.6 Å². The second kappa shape index (κ2) is 13.7. The Labute approximate surface area is 194 Å². The zero-order valence-corrected chi connectivity index (χ0v) is 19.4. The Kier molecular flexibility index (Phi) is 11.8. The average Bonchev–Trinajstić information content (AvgIpc) is 3.23. The van der Waals surface area contributed by atoms with Crippen LogP contribution in [0.5, 0.6) is 0 Å². The van der Waals surface area contributed by atoms with E-state index in [1.165, 1.54) is 4.90 Å². The van der Waals surface area contributed by atoms with Gasteiger partial charge in [0, 0.05) is 13.0 Å². The molecule has 0 bridgehead atoms. The smallest absolute Gasteiger partial charge is 0.326 e. The zero-order valence-electron chi connectivity index (χ0n) is 19.4. The van der Waals surface area contributed by atoms with E-state index in [9.17, 15) is 29.1 Å². The number of nitrogens with two attached hydrogens (primary N) is 3. The monoisotopic (exact) mass is 470 g/mol. The van der Waals surface area contributed by atoms with E-state index in [1.807, 2.05) is 0 Å². The van der Waals surface area contributed by atoms with Gasteiger partial charge in [-0.3, -0.25) is 19.2 Å². The Balaban J connectivity index is 2.89. The number of aliphatic carboxylic acids is 1. The molecule has 188 valence electrons. The quantitative estimate of drug-likeness (QED) is 0.162. The van der Waals surface area contributed by atoms with Crippen molar-refractivity contribution in [1.82, 2.24) is 15.5 Å². The van der Waals surface area contributed by atoms with E-state index >= 15 is 0 Å². The van der Waals surface area contributed by atoms with Crippen molar-refractivity contribution in [3.05, 3.63) is 0 Å². The number of carboxylic acid groups (broad SMARTS) is 1. The van der Waals surface area contributed by atoms with Gasteiger partial charge in [0.25, 0.3) is 0 Å². The number of nitrogens with zero attached hydrogens (tertiary/aromatic N) is 1. The number of hydrogen-bond acceptors (Lipinski definition) is 7. The predicted molar refractivity (Wildman–Crippen MR) is 120 cm³/mol. The van der Waals surface area contributed by atoms with Crippen molar-refractivity contribution >= 4 is 29.6 Å². The number of hydrogen-bond donors (Lipinski definition) is 6. The van der Waals surface area contributed by atoms with Crippen molar-refractivity contribution in [2.75, 3.05) is 13.1 Å². The van der Waals surface area contributed by atoms with Gasteiger partial charge in [-0.1, -0.05) is 20.3 Å². The molecule has 1 aliphatic heterocycles. The van der Waals surface area contributed by atoms with Crippen LogP contribution in [-0.2, 0) is 24.0 Å². The molecule has 1 rings (SSSR count). The molecule has 33 heavy (non-hydrogen) atoms. The first kappa shape index (κ1) is 28.3. The molecule has 0 aromatic heterocycles. The first-order valence-corrected chi connectivity index (χ1v) is 11.4. The molecule has 4 unspecified atom stereocenters. The van der Waals surface area contributed by atoms with Gasteiger partial charge in [0.1, 0.15) is 18.1 Å². The summed E-state index contributed by atoms with van der Waals surface area (Å²) in [6, 6.07) is -3.90. The normalized spacial score (nSPS) is 18.5. The number of rotatable bonds is 14. The molecule has 4 atom stereocenters. The van der Waals surface area contributed by atoms with Crippen molar-refractivity contribution in [2.45, 2.75) is 83.0 Å². The number of carbonyl (C=O) groups is 5. The third kappa shape index (κ3) is 8.97. The van der Waals surface area contributed by atoms with Gasteiger partial charge in [-0.25, -0.2) is 4.79 Å². The maximum Gasteiger partial charge on any atom is 0.326 e. The molecule has 1 fully saturated rings. The summed E-state index contributed by atoms with van der Waals surface area (Å²) < 4.78 is 0. The summed E-state index contributed by atoms with van der Waals surface area (Å²) in [5, 5.41) is 14.3. The molecule has 1 aliphatic rings. The molecule has 0 spiro atoms. The van der Waals surface area contributed by atoms with Gasteiger partial charge >= 0.3 is 5.97 Å². The van der Waals surface area contributed by atoms with Crippen molar-refractivity contribution in [3.63, 3.8) is 0 Å². The number of amides is 4. The maximum absolute atomic E-state index is 13.0. The highest BCUT2D eigenvalue weighted by Crippen LogP contribution is 2.20. The Morgan fingerprint density at radius 2 is 1.76 bits per heavy atom. The number of carboxylic acids is 1. The van der Waals surface area contributed by atoms with Crippen molar-refractivity contribution in [3.8, 4) is 0 Å². The number of likely N-dealkylation sites (tertiary alicyclic amines) is 1. The molecule has 0 aromatic carbocycles. The van der Waals surface area contributed by atoms with Crippen LogP contribution in [0, 0.1) is 5.92 Å². The fraction of sp³-hybridized carbons (Fsp3) is 0.762. The molecule has 1 heterocycles. The molecule has 12 nitrogen and oxygen atoms in total. The molecule has 0 aliphatic carbocycles. The predicted octanol–water partition coefficient (Wildman–Crippen LogP) is -1.59. The number of primary amides is 1. The Morgan fingerprint density at radius 1 is 1.09 bits per heavy atom. The van der Waals surface area contributed by atoms with E-state index in [1.54, 1.807) is 13.8 Å². The van der Waals surface area contributed by atoms with Crippen molar-refractivity contribution in [2.24, 2.45) is 23.1 Å². The van der Waals surface area contributed by atoms with Crippen LogP contribution >= 0.6 is 0 Å². The lowest BCUT2D eigenvalue weighted by Gasteiger charge is -2.29. The van der Waals surface area contributed by atoms with E-state index in [0.717, 1.165) is 6.42 Å². The fourth-order valence-electron chi connectivity index (χ4n) is 3.74. The number of nitrogens with one attached hydrogen (secondary N) is 2. The summed E-state index contributed by atoms with van der Waals surface area (Å²) in [6.07, 6.45) is 2.62. The third-order valence-corrected chi connectivity index (χ3v) is 5.67. The summed E-state index contributed by atoms with van der Waals surface area (Å²) in [5.74, 6) is -3.91. The van der Waals surface area contributed by atoms with Crippen LogP contribution in [-0.4, -0.2) is 76.9 Å². The topological polar surface area (TPSA) is 211 Å². The molecule has 12 heteroatoms. The largest absolute Gasteiger partial charge is 0.480 e. The second-order valence-electron chi connectivity index (χ2n) is 8.72. The first-order valence-electron chi connectivity index (χ1n) is 11.4. The lowest BCUT2D eigenvalue weighted by molar-refractivity contribution is -0.144. The third-order valence-electron chi connectivity index (χ3n) is 5.67. The van der Waals surface area contributed by atoms with E-state index in [-0.39, 0.29) is 18.7 Å². The molecule has 4 amide bonds. The molecule has 0 radical (unpaired) electrons. The lowest BCUT2D eigenvalue weighted by atomic mass is 10.0. The first-order chi connectivity index (χ1) is 15.5. The summed E-state index contributed by atoms with van der Waals surface area (Å²) in [4.78, 5) is 62.6. The lowest BCUT2D eigenvalue weighted by Crippen LogP contribution is -2.57. The fourth-order valence-corrected chi connectivity index (χ4v) is 3.74. The molecule has 0 aromatic rings. The Morgan fingerprint density at radius 3 is 2.30 bits per heavy atom. The van der Waals surface area contributed by atoms with Crippen LogP contribution < -0.4 is 27.8 Å². The van der Waals surface area contributed by atoms with Crippen LogP contribution in [0.4, 0.5) is 0 Å². The summed E-state index contributed by atoms with van der Waals surface area (Å²) in [7, 11) is 0. The van der Waals surface area contributed by atoms with Crippen LogP contribution in [0.2, 0.25) is 0 Å². The zero-order chi connectivity index (χ0) is 25.1. The standard InChI is InChI=1S/C21H38N6O6/c1-12(2)17(21(32)33)26-18(29)14(8-9-16(24)28)25-19(30)15-7-5-11-27(15)20(31)13(23)6-3-4-10-22/h12-15,17H,3-11,22-23H2,1-2H3,(H2,24,28)(H,25,30)(H,26,29)(H,32,33). The minimum absolute atomic E-state index is 0.101. The molecule has 0 saturated carbocycles. The van der Waals surface area contributed by atoms with Crippen LogP contribution in [0.3, 0.4) is 0 Å². The van der Waals surface area contributed by atoms with Gasteiger partial charge in [-0.05, 0) is 44.6 Å². The van der Waals surface area contributed by atoms with E-state index in [2.05, 4.69) is 10.6 Å². The molecule has 9 N–H and O–H groups in total. The Hall–Kier alpha value is -2.73. The summed E-state index contributed by atoms with van der Waals surface area (Å²) in [5.41, 5.74) is 16.7. The minimum atomic E-state index is -1.21. The van der Waals surface area contributed by atoms with Crippen LogP contribution in [0.15, 0.2) is 0 Å². The van der Waals surface area contributed by atoms with Crippen LogP contribution in [0.25, 0.3) is 0 Å². The van der Waals surface area contributed by atoms with E-state index < -0.39 is 53.8 Å². The second-order valence-corrected chi connectivity index (χ2v) is 8.72. The SMILES string of the molecule is CC(C)C(NC(=O)C(CCC(N)=O)NC(=O)C1CCCN1C(=O)C(N)CCCCN)C(=O)O. The van der Waals surface area contributed by atoms with E-state index in [4.69, 9.17) is 17.2 Å². The summed E-state index contributed by atoms with van der Waals surface area (Å²) >= 11 is 0.